The molecule has 2 heterocycles. The summed E-state index contributed by atoms with van der Waals surface area (Å²) in [5.74, 6) is -0.271. The van der Waals surface area contributed by atoms with E-state index in [9.17, 15) is 9.59 Å². The monoisotopic (exact) mass is 283 g/mol. The van der Waals surface area contributed by atoms with Crippen LogP contribution in [-0.2, 0) is 9.59 Å². The van der Waals surface area contributed by atoms with Gasteiger partial charge in [-0.05, 0) is 32.2 Å². The third-order valence-electron chi connectivity index (χ3n) is 4.41. The fourth-order valence-corrected chi connectivity index (χ4v) is 3.59. The number of primary amides is 1. The number of aliphatic hydroxyl groups excluding tert-OH is 1. The number of carbonyl (C=O) groups is 2. The van der Waals surface area contributed by atoms with E-state index in [1.54, 1.807) is 0 Å². The molecular formula is C14H25N3O3. The molecule has 0 aromatic heterocycles. The van der Waals surface area contributed by atoms with Crippen LogP contribution >= 0.6 is 0 Å². The van der Waals surface area contributed by atoms with Gasteiger partial charge in [-0.15, -0.1) is 0 Å². The number of nitrogens with zero attached hydrogens (tertiary/aromatic N) is 2. The van der Waals surface area contributed by atoms with Gasteiger partial charge in [0.05, 0.1) is 13.2 Å². The number of rotatable bonds is 4. The Bertz CT molecular complexity index is 362. The molecule has 20 heavy (non-hydrogen) atoms. The summed E-state index contributed by atoms with van der Waals surface area (Å²) in [6, 6.07) is 0.408. The van der Waals surface area contributed by atoms with Crippen molar-refractivity contribution in [1.82, 2.24) is 9.80 Å². The van der Waals surface area contributed by atoms with Gasteiger partial charge >= 0.3 is 0 Å². The van der Waals surface area contributed by atoms with Crippen LogP contribution in [0.4, 0.5) is 0 Å². The molecule has 3 N–H and O–H groups in total. The maximum atomic E-state index is 12.1. The van der Waals surface area contributed by atoms with Gasteiger partial charge < -0.3 is 15.7 Å². The smallest absolute Gasteiger partial charge is 0.231 e. The number of nitrogens with two attached hydrogens (primary N) is 1. The van der Waals surface area contributed by atoms with Gasteiger partial charge in [0.15, 0.2) is 0 Å². The molecule has 0 aromatic carbocycles. The van der Waals surface area contributed by atoms with Crippen molar-refractivity contribution in [3.8, 4) is 0 Å². The largest absolute Gasteiger partial charge is 0.396 e. The van der Waals surface area contributed by atoms with Gasteiger partial charge in [0.1, 0.15) is 0 Å². The maximum absolute atomic E-state index is 12.1. The molecule has 0 bridgehead atoms. The second-order valence-corrected chi connectivity index (χ2v) is 5.77. The highest BCUT2D eigenvalue weighted by Crippen LogP contribution is 2.29. The molecule has 2 atom stereocenters. The molecule has 0 aromatic rings. The lowest BCUT2D eigenvalue weighted by Gasteiger charge is -2.44. The summed E-state index contributed by atoms with van der Waals surface area (Å²) in [5.41, 5.74) is 5.34. The predicted octanol–water partition coefficient (Wildman–Crippen LogP) is -0.300. The first-order valence-corrected chi connectivity index (χ1v) is 7.56. The molecule has 0 unspecified atom stereocenters. The number of aliphatic hydroxyl groups is 1. The van der Waals surface area contributed by atoms with Crippen LogP contribution in [0, 0.1) is 0 Å². The van der Waals surface area contributed by atoms with Gasteiger partial charge in [0.2, 0.25) is 11.8 Å². The van der Waals surface area contributed by atoms with Crippen molar-refractivity contribution in [2.24, 2.45) is 5.73 Å². The summed E-state index contributed by atoms with van der Waals surface area (Å²) in [6.07, 6.45) is 5.26. The highest BCUT2D eigenvalue weighted by Gasteiger charge is 2.38. The molecule has 2 saturated heterocycles. The van der Waals surface area contributed by atoms with Crippen LogP contribution in [0.15, 0.2) is 0 Å². The Labute approximate surface area is 119 Å². The van der Waals surface area contributed by atoms with Crippen molar-refractivity contribution in [1.29, 1.82) is 0 Å². The minimum Gasteiger partial charge on any atom is -0.396 e. The van der Waals surface area contributed by atoms with E-state index in [1.807, 2.05) is 4.90 Å². The van der Waals surface area contributed by atoms with Crippen molar-refractivity contribution < 1.29 is 14.7 Å². The van der Waals surface area contributed by atoms with E-state index >= 15 is 0 Å². The van der Waals surface area contributed by atoms with Crippen molar-refractivity contribution in [3.05, 3.63) is 0 Å². The number of piperidine rings is 1. The van der Waals surface area contributed by atoms with E-state index in [-0.39, 0.29) is 43.5 Å². The van der Waals surface area contributed by atoms with Crippen LogP contribution in [0.25, 0.3) is 0 Å². The zero-order chi connectivity index (χ0) is 14.5. The average molecular weight is 283 g/mol. The van der Waals surface area contributed by atoms with E-state index in [4.69, 9.17) is 10.8 Å². The van der Waals surface area contributed by atoms with Gasteiger partial charge in [0.25, 0.3) is 0 Å². The number of fused-ring (bicyclic) bond motifs is 1. The van der Waals surface area contributed by atoms with E-state index in [0.29, 0.717) is 0 Å². The van der Waals surface area contributed by atoms with Gasteiger partial charge in [0, 0.05) is 25.0 Å². The number of hydrogen-bond acceptors (Lipinski definition) is 4. The van der Waals surface area contributed by atoms with E-state index < -0.39 is 0 Å². The SMILES string of the molecule is NC(=O)CN1CCCC[C@@H]2[C@H]1CCCN2C(=O)CCO. The summed E-state index contributed by atoms with van der Waals surface area (Å²) in [4.78, 5) is 27.5. The minimum atomic E-state index is -0.301. The molecule has 0 aliphatic carbocycles. The van der Waals surface area contributed by atoms with Gasteiger partial charge in [-0.2, -0.15) is 0 Å². The summed E-state index contributed by atoms with van der Waals surface area (Å²) >= 11 is 0. The Hall–Kier alpha value is -1.14. The molecule has 2 rings (SSSR count). The van der Waals surface area contributed by atoms with Crippen LogP contribution in [0.2, 0.25) is 0 Å². The van der Waals surface area contributed by atoms with E-state index in [1.165, 1.54) is 0 Å². The Kier molecular flexibility index (Phi) is 5.37. The fraction of sp³-hybridized carbons (Fsp3) is 0.857. The molecule has 2 amide bonds. The summed E-state index contributed by atoms with van der Waals surface area (Å²) in [7, 11) is 0. The van der Waals surface area contributed by atoms with E-state index in [0.717, 1.165) is 45.2 Å². The quantitative estimate of drug-likeness (QED) is 0.741. The highest BCUT2D eigenvalue weighted by atomic mass is 16.3. The average Bonchev–Trinajstić information content (AvgIpc) is 2.61. The van der Waals surface area contributed by atoms with Gasteiger partial charge in [-0.1, -0.05) is 6.42 Å². The molecule has 114 valence electrons. The zero-order valence-electron chi connectivity index (χ0n) is 12.0. The lowest BCUT2D eigenvalue weighted by Crippen LogP contribution is -2.57. The van der Waals surface area contributed by atoms with Crippen LogP contribution in [0.3, 0.4) is 0 Å². The first-order valence-electron chi connectivity index (χ1n) is 7.56. The molecule has 0 saturated carbocycles. The lowest BCUT2D eigenvalue weighted by molar-refractivity contribution is -0.138. The first-order chi connectivity index (χ1) is 9.63. The van der Waals surface area contributed by atoms with Crippen molar-refractivity contribution >= 4 is 11.8 Å². The topological polar surface area (TPSA) is 86.9 Å². The Morgan fingerprint density at radius 2 is 1.85 bits per heavy atom. The zero-order valence-corrected chi connectivity index (χ0v) is 12.0. The van der Waals surface area contributed by atoms with Crippen LogP contribution in [0.1, 0.15) is 38.5 Å². The summed E-state index contributed by atoms with van der Waals surface area (Å²) in [6.45, 7) is 1.83. The lowest BCUT2D eigenvalue weighted by atomic mass is 9.92. The highest BCUT2D eigenvalue weighted by molar-refractivity contribution is 5.77. The number of amides is 2. The van der Waals surface area contributed by atoms with Gasteiger partial charge in [-0.3, -0.25) is 14.5 Å². The number of hydrogen-bond donors (Lipinski definition) is 2. The fourth-order valence-electron chi connectivity index (χ4n) is 3.59. The van der Waals surface area contributed by atoms with Crippen LogP contribution < -0.4 is 5.73 Å². The molecule has 6 heteroatoms. The molecule has 2 aliphatic heterocycles. The van der Waals surface area contributed by atoms with Crippen molar-refractivity contribution in [3.63, 3.8) is 0 Å². The second-order valence-electron chi connectivity index (χ2n) is 5.77. The summed E-state index contributed by atoms with van der Waals surface area (Å²) in [5, 5.41) is 8.97. The number of carbonyl (C=O) groups excluding carboxylic acids is 2. The van der Waals surface area contributed by atoms with Crippen LogP contribution in [0.5, 0.6) is 0 Å². The van der Waals surface area contributed by atoms with E-state index in [2.05, 4.69) is 4.90 Å². The second kappa shape index (κ2) is 7.04. The molecule has 0 spiro atoms. The molecule has 0 radical (unpaired) electrons. The molecular weight excluding hydrogens is 258 g/mol. The normalized spacial score (nSPS) is 27.8. The standard InChI is InChI=1S/C14H25N3O3/c15-13(19)10-16-7-2-1-4-12-11(16)5-3-8-17(12)14(20)6-9-18/h11-12,18H,1-10H2,(H2,15,19)/t11-,12-/m1/s1. The Morgan fingerprint density at radius 3 is 2.55 bits per heavy atom. The molecule has 2 fully saturated rings. The van der Waals surface area contributed by atoms with Crippen molar-refractivity contribution in [2.45, 2.75) is 50.6 Å². The van der Waals surface area contributed by atoms with Gasteiger partial charge in [-0.25, -0.2) is 0 Å². The molecule has 6 nitrogen and oxygen atoms in total. The Morgan fingerprint density at radius 1 is 1.10 bits per heavy atom. The maximum Gasteiger partial charge on any atom is 0.231 e. The summed E-state index contributed by atoms with van der Waals surface area (Å²) < 4.78 is 0. The van der Waals surface area contributed by atoms with Crippen molar-refractivity contribution in [2.75, 3.05) is 26.2 Å². The third kappa shape index (κ3) is 3.49. The first kappa shape index (κ1) is 15.3. The van der Waals surface area contributed by atoms with Crippen LogP contribution in [-0.4, -0.2) is 65.0 Å². The molecule has 2 aliphatic rings. The number of likely N-dealkylation sites (tertiary alicyclic amines) is 2. The third-order valence-corrected chi connectivity index (χ3v) is 4.41. The predicted molar refractivity (Wildman–Crippen MR) is 74.8 cm³/mol. The minimum absolute atomic E-state index is 0.0307. The Balaban J connectivity index is 2.12.